The monoisotopic (exact) mass is 439 g/mol. The van der Waals surface area contributed by atoms with Crippen LogP contribution in [0.3, 0.4) is 0 Å². The number of nitrogens with zero attached hydrogens (tertiary/aromatic N) is 1. The number of aromatic hydroxyl groups is 1. The van der Waals surface area contributed by atoms with Crippen LogP contribution in [0, 0.1) is 0 Å². The van der Waals surface area contributed by atoms with Gasteiger partial charge in [0.1, 0.15) is 5.75 Å². The van der Waals surface area contributed by atoms with Gasteiger partial charge in [-0.1, -0.05) is 42.5 Å². The highest BCUT2D eigenvalue weighted by Crippen LogP contribution is 2.34. The summed E-state index contributed by atoms with van der Waals surface area (Å²) in [6.07, 6.45) is 1.66. The van der Waals surface area contributed by atoms with Gasteiger partial charge in [0.2, 0.25) is 0 Å². The molecule has 2 amide bonds. The van der Waals surface area contributed by atoms with E-state index in [0.29, 0.717) is 9.38 Å². The molecule has 0 atom stereocenters. The Hall–Kier alpha value is -2.57. The highest BCUT2D eigenvalue weighted by atomic mass is 79.9. The second-order valence-electron chi connectivity index (χ2n) is 6.16. The van der Waals surface area contributed by atoms with Crippen molar-refractivity contribution < 1.29 is 14.7 Å². The summed E-state index contributed by atoms with van der Waals surface area (Å²) in [5.74, 6) is -0.182. The second-order valence-corrected chi connectivity index (χ2v) is 8.01. The lowest BCUT2D eigenvalue weighted by molar-refractivity contribution is -0.123. The summed E-state index contributed by atoms with van der Waals surface area (Å²) in [6.45, 7) is 0.242. The van der Waals surface area contributed by atoms with Gasteiger partial charge in [-0.05, 0) is 73.9 Å². The van der Waals surface area contributed by atoms with Crippen molar-refractivity contribution in [2.24, 2.45) is 0 Å². The number of imide groups is 1. The predicted molar refractivity (Wildman–Crippen MR) is 111 cm³/mol. The number of phenols is 1. The van der Waals surface area contributed by atoms with Gasteiger partial charge in [-0.2, -0.15) is 0 Å². The van der Waals surface area contributed by atoms with Crippen molar-refractivity contribution in [3.63, 3.8) is 0 Å². The minimum absolute atomic E-state index is 0.122. The molecule has 1 saturated heterocycles. The van der Waals surface area contributed by atoms with Gasteiger partial charge >= 0.3 is 0 Å². The van der Waals surface area contributed by atoms with Crippen LogP contribution in [-0.2, 0) is 11.3 Å². The Morgan fingerprint density at radius 2 is 1.78 bits per heavy atom. The number of thioether (sulfide) groups is 1. The topological polar surface area (TPSA) is 57.6 Å². The summed E-state index contributed by atoms with van der Waals surface area (Å²) in [7, 11) is 0. The molecule has 1 aliphatic heterocycles. The van der Waals surface area contributed by atoms with Crippen molar-refractivity contribution in [3.05, 3.63) is 81.2 Å². The van der Waals surface area contributed by atoms with E-state index in [1.807, 2.05) is 42.5 Å². The highest BCUT2D eigenvalue weighted by Gasteiger charge is 2.35. The molecule has 0 aliphatic carbocycles. The van der Waals surface area contributed by atoms with Crippen LogP contribution in [-0.4, -0.2) is 21.2 Å². The van der Waals surface area contributed by atoms with E-state index in [4.69, 9.17) is 0 Å². The minimum atomic E-state index is -0.303. The number of carbonyl (C=O) groups excluding carboxylic acids is 2. The summed E-state index contributed by atoms with van der Waals surface area (Å²) in [4.78, 5) is 26.7. The molecule has 0 aromatic heterocycles. The van der Waals surface area contributed by atoms with Crippen molar-refractivity contribution in [2.75, 3.05) is 0 Å². The van der Waals surface area contributed by atoms with Crippen LogP contribution in [0.5, 0.6) is 5.75 Å². The number of phenolic OH excluding ortho intramolecular Hbond substituents is 1. The second kappa shape index (κ2) is 7.21. The molecule has 0 saturated carbocycles. The van der Waals surface area contributed by atoms with E-state index in [9.17, 15) is 14.7 Å². The van der Waals surface area contributed by atoms with E-state index in [1.54, 1.807) is 18.2 Å². The molecule has 1 fully saturated rings. The fourth-order valence-corrected chi connectivity index (χ4v) is 4.16. The van der Waals surface area contributed by atoms with Gasteiger partial charge in [0.25, 0.3) is 11.1 Å². The van der Waals surface area contributed by atoms with Crippen molar-refractivity contribution in [3.8, 4) is 5.75 Å². The molecule has 6 heteroatoms. The lowest BCUT2D eigenvalue weighted by Crippen LogP contribution is -2.27. The Morgan fingerprint density at radius 1 is 1.00 bits per heavy atom. The maximum absolute atomic E-state index is 12.7. The smallest absolute Gasteiger partial charge is 0.293 e. The number of benzene rings is 3. The molecule has 0 radical (unpaired) electrons. The van der Waals surface area contributed by atoms with E-state index in [1.165, 1.54) is 11.0 Å². The maximum atomic E-state index is 12.7. The zero-order chi connectivity index (χ0) is 19.0. The predicted octanol–water partition coefficient (Wildman–Crippen LogP) is 5.54. The van der Waals surface area contributed by atoms with E-state index >= 15 is 0 Å². The number of rotatable bonds is 3. The summed E-state index contributed by atoms with van der Waals surface area (Å²) in [5, 5.41) is 11.5. The number of carbonyl (C=O) groups is 2. The molecule has 3 aromatic carbocycles. The number of fused-ring (bicyclic) bond motifs is 1. The Balaban J connectivity index is 1.58. The summed E-state index contributed by atoms with van der Waals surface area (Å²) in [5.41, 5.74) is 1.64. The molecular weight excluding hydrogens is 426 g/mol. The summed E-state index contributed by atoms with van der Waals surface area (Å²) < 4.78 is 0.534. The molecule has 4 rings (SSSR count). The third-order valence-corrected chi connectivity index (χ3v) is 5.84. The van der Waals surface area contributed by atoms with Crippen LogP contribution in [0.15, 0.2) is 70.0 Å². The molecule has 27 heavy (non-hydrogen) atoms. The normalized spacial score (nSPS) is 15.9. The minimum Gasteiger partial charge on any atom is -0.507 e. The van der Waals surface area contributed by atoms with E-state index in [0.717, 1.165) is 33.7 Å². The quantitative estimate of drug-likeness (QED) is 0.543. The fourth-order valence-electron chi connectivity index (χ4n) is 2.92. The average Bonchev–Trinajstić information content (AvgIpc) is 2.92. The van der Waals surface area contributed by atoms with E-state index < -0.39 is 0 Å². The maximum Gasteiger partial charge on any atom is 0.293 e. The molecule has 0 unspecified atom stereocenters. The summed E-state index contributed by atoms with van der Waals surface area (Å²) in [6, 6.07) is 18.8. The molecule has 0 bridgehead atoms. The van der Waals surface area contributed by atoms with Gasteiger partial charge < -0.3 is 5.11 Å². The van der Waals surface area contributed by atoms with Gasteiger partial charge in [-0.15, -0.1) is 0 Å². The Morgan fingerprint density at radius 3 is 2.56 bits per heavy atom. The lowest BCUT2D eigenvalue weighted by atomic mass is 10.1. The first kappa shape index (κ1) is 17.8. The van der Waals surface area contributed by atoms with Crippen LogP contribution >= 0.6 is 27.7 Å². The highest BCUT2D eigenvalue weighted by molar-refractivity contribution is 9.10. The number of hydrogen-bond acceptors (Lipinski definition) is 4. The Labute approximate surface area is 168 Å². The zero-order valence-electron chi connectivity index (χ0n) is 14.1. The molecule has 1 N–H and O–H groups in total. The van der Waals surface area contributed by atoms with Gasteiger partial charge in [0.15, 0.2) is 0 Å². The van der Waals surface area contributed by atoms with Crippen molar-refractivity contribution >= 4 is 55.7 Å². The number of halogens is 1. The molecule has 1 heterocycles. The molecule has 0 spiro atoms. The molecule has 134 valence electrons. The van der Waals surface area contributed by atoms with Crippen molar-refractivity contribution in [1.82, 2.24) is 4.90 Å². The van der Waals surface area contributed by atoms with Crippen LogP contribution in [0.2, 0.25) is 0 Å². The van der Waals surface area contributed by atoms with Crippen molar-refractivity contribution in [2.45, 2.75) is 6.54 Å². The number of hydrogen-bond donors (Lipinski definition) is 1. The lowest BCUT2D eigenvalue weighted by Gasteiger charge is -2.13. The SMILES string of the molecule is O=C1S/C(=C\c2ccc(O)c(Br)c2)C(=O)N1Cc1ccc2ccccc2c1. The van der Waals surface area contributed by atoms with Gasteiger partial charge in [0.05, 0.1) is 15.9 Å². The van der Waals surface area contributed by atoms with Gasteiger partial charge in [0, 0.05) is 0 Å². The summed E-state index contributed by atoms with van der Waals surface area (Å²) >= 11 is 4.18. The largest absolute Gasteiger partial charge is 0.507 e. The number of amides is 2. The fraction of sp³-hybridized carbons (Fsp3) is 0.0476. The van der Waals surface area contributed by atoms with Crippen LogP contribution in [0.4, 0.5) is 4.79 Å². The first-order valence-electron chi connectivity index (χ1n) is 8.23. The van der Waals surface area contributed by atoms with Crippen LogP contribution < -0.4 is 0 Å². The zero-order valence-corrected chi connectivity index (χ0v) is 16.5. The van der Waals surface area contributed by atoms with Gasteiger partial charge in [-0.25, -0.2) is 0 Å². The van der Waals surface area contributed by atoms with Gasteiger partial charge in [-0.3, -0.25) is 14.5 Å². The Kier molecular flexibility index (Phi) is 4.76. The third-order valence-electron chi connectivity index (χ3n) is 4.30. The third kappa shape index (κ3) is 3.63. The first-order chi connectivity index (χ1) is 13.0. The van der Waals surface area contributed by atoms with Crippen LogP contribution in [0.1, 0.15) is 11.1 Å². The average molecular weight is 440 g/mol. The van der Waals surface area contributed by atoms with E-state index in [-0.39, 0.29) is 23.4 Å². The van der Waals surface area contributed by atoms with E-state index in [2.05, 4.69) is 15.9 Å². The molecule has 3 aromatic rings. The van der Waals surface area contributed by atoms with Crippen LogP contribution in [0.25, 0.3) is 16.8 Å². The Bertz CT molecular complexity index is 1110. The molecule has 1 aliphatic rings. The standard InChI is InChI=1S/C21H14BrNO3S/c22-17-10-13(6-8-18(17)24)11-19-20(25)23(21(26)27-19)12-14-5-7-15-3-1-2-4-16(15)9-14/h1-11,24H,12H2/b19-11-. The first-order valence-corrected chi connectivity index (χ1v) is 9.84. The molecular formula is C21H14BrNO3S. The molecule has 4 nitrogen and oxygen atoms in total. The van der Waals surface area contributed by atoms with Crippen molar-refractivity contribution in [1.29, 1.82) is 0 Å².